The van der Waals surface area contributed by atoms with Crippen LogP contribution in [0.25, 0.3) is 0 Å². The first kappa shape index (κ1) is 12.5. The molecule has 1 nitrogen and oxygen atoms in total. The summed E-state index contributed by atoms with van der Waals surface area (Å²) in [5.74, 6) is 3.91. The van der Waals surface area contributed by atoms with Crippen molar-refractivity contribution in [3.05, 3.63) is 28.8 Å². The Kier molecular flexibility index (Phi) is 3.17. The van der Waals surface area contributed by atoms with Crippen molar-refractivity contribution in [1.29, 1.82) is 0 Å². The number of rotatable bonds is 3. The summed E-state index contributed by atoms with van der Waals surface area (Å²) in [5, 5.41) is 0. The van der Waals surface area contributed by atoms with E-state index in [9.17, 15) is 0 Å². The fraction of sp³-hybridized carbons (Fsp3) is 0.625. The van der Waals surface area contributed by atoms with Crippen molar-refractivity contribution in [2.45, 2.75) is 37.9 Å². The van der Waals surface area contributed by atoms with E-state index in [0.29, 0.717) is 4.83 Å². The molecule has 0 aromatic heterocycles. The van der Waals surface area contributed by atoms with E-state index in [1.165, 1.54) is 36.0 Å². The highest BCUT2D eigenvalue weighted by atomic mass is 79.9. The number of halogens is 1. The Balaban J connectivity index is 1.84. The molecular formula is C16H21BrO. The van der Waals surface area contributed by atoms with Gasteiger partial charge in [0, 0.05) is 4.83 Å². The van der Waals surface area contributed by atoms with Crippen LogP contribution in [-0.2, 0) is 0 Å². The van der Waals surface area contributed by atoms with Gasteiger partial charge in [-0.2, -0.15) is 0 Å². The second-order valence-corrected chi connectivity index (χ2v) is 6.91. The molecule has 2 heteroatoms. The number of ether oxygens (including phenoxy) is 1. The van der Waals surface area contributed by atoms with Crippen LogP contribution < -0.4 is 4.74 Å². The number of hydrogen-bond donors (Lipinski definition) is 0. The molecule has 3 atom stereocenters. The Bertz CT molecular complexity index is 435. The van der Waals surface area contributed by atoms with E-state index in [-0.39, 0.29) is 0 Å². The summed E-state index contributed by atoms with van der Waals surface area (Å²) in [7, 11) is 1.76. The van der Waals surface area contributed by atoms with Gasteiger partial charge in [0.2, 0.25) is 0 Å². The highest BCUT2D eigenvalue weighted by Crippen LogP contribution is 2.64. The summed E-state index contributed by atoms with van der Waals surface area (Å²) in [6, 6.07) is 4.58. The summed E-state index contributed by atoms with van der Waals surface area (Å²) in [6.07, 6.45) is 4.35. The van der Waals surface area contributed by atoms with Gasteiger partial charge in [0.15, 0.2) is 0 Å². The number of alkyl halides is 1. The SMILES string of the molecule is COc1c(C)cc(C(Br)C2C3CCCC32)cc1C. The summed E-state index contributed by atoms with van der Waals surface area (Å²) < 4.78 is 5.45. The normalized spacial score (nSPS) is 31.0. The van der Waals surface area contributed by atoms with Crippen LogP contribution in [0, 0.1) is 31.6 Å². The second kappa shape index (κ2) is 4.56. The monoisotopic (exact) mass is 308 g/mol. The number of hydrogen-bond acceptors (Lipinski definition) is 1. The van der Waals surface area contributed by atoms with Crippen molar-refractivity contribution in [3.8, 4) is 5.75 Å². The van der Waals surface area contributed by atoms with E-state index in [1.54, 1.807) is 7.11 Å². The van der Waals surface area contributed by atoms with Crippen LogP contribution in [0.1, 0.15) is 40.8 Å². The molecule has 0 heterocycles. The predicted octanol–water partition coefficient (Wildman–Crippen LogP) is 4.79. The molecule has 0 saturated heterocycles. The quantitative estimate of drug-likeness (QED) is 0.729. The van der Waals surface area contributed by atoms with Gasteiger partial charge in [0.25, 0.3) is 0 Å². The molecular weight excluding hydrogens is 288 g/mol. The molecule has 2 aliphatic carbocycles. The van der Waals surface area contributed by atoms with Gasteiger partial charge >= 0.3 is 0 Å². The first-order valence-electron chi connectivity index (χ1n) is 6.92. The van der Waals surface area contributed by atoms with Crippen molar-refractivity contribution in [3.63, 3.8) is 0 Å². The van der Waals surface area contributed by atoms with Crippen molar-refractivity contribution < 1.29 is 4.74 Å². The average molecular weight is 309 g/mol. The third kappa shape index (κ3) is 1.89. The van der Waals surface area contributed by atoms with Gasteiger partial charge in [0.1, 0.15) is 5.75 Å². The van der Waals surface area contributed by atoms with Crippen LogP contribution >= 0.6 is 15.9 Å². The van der Waals surface area contributed by atoms with E-state index >= 15 is 0 Å². The molecule has 3 rings (SSSR count). The predicted molar refractivity (Wildman–Crippen MR) is 78.5 cm³/mol. The van der Waals surface area contributed by atoms with Gasteiger partial charge in [-0.05, 0) is 61.1 Å². The smallest absolute Gasteiger partial charge is 0.124 e. The zero-order chi connectivity index (χ0) is 12.9. The van der Waals surface area contributed by atoms with Crippen LogP contribution in [0.5, 0.6) is 5.75 Å². The molecule has 2 saturated carbocycles. The molecule has 0 radical (unpaired) electrons. The molecule has 0 bridgehead atoms. The molecule has 1 aromatic rings. The van der Waals surface area contributed by atoms with Gasteiger partial charge < -0.3 is 4.74 Å². The maximum absolute atomic E-state index is 5.45. The lowest BCUT2D eigenvalue weighted by Gasteiger charge is -2.16. The Morgan fingerprint density at radius 1 is 1.17 bits per heavy atom. The molecule has 3 unspecified atom stereocenters. The number of fused-ring (bicyclic) bond motifs is 1. The molecule has 0 N–H and O–H groups in total. The topological polar surface area (TPSA) is 9.23 Å². The van der Waals surface area contributed by atoms with Crippen LogP contribution in [0.15, 0.2) is 12.1 Å². The van der Waals surface area contributed by atoms with Gasteiger partial charge in [-0.3, -0.25) is 0 Å². The molecule has 0 spiro atoms. The Morgan fingerprint density at radius 3 is 2.22 bits per heavy atom. The summed E-state index contributed by atoms with van der Waals surface area (Å²) in [5.41, 5.74) is 3.94. The summed E-state index contributed by atoms with van der Waals surface area (Å²) >= 11 is 3.94. The van der Waals surface area contributed by atoms with Gasteiger partial charge in [-0.25, -0.2) is 0 Å². The zero-order valence-corrected chi connectivity index (χ0v) is 13.0. The first-order valence-corrected chi connectivity index (χ1v) is 7.84. The summed E-state index contributed by atoms with van der Waals surface area (Å²) in [4.78, 5) is 0.538. The maximum atomic E-state index is 5.45. The second-order valence-electron chi connectivity index (χ2n) is 5.93. The van der Waals surface area contributed by atoms with Crippen molar-refractivity contribution in [1.82, 2.24) is 0 Å². The Labute approximate surface area is 118 Å². The molecule has 0 amide bonds. The number of aryl methyl sites for hydroxylation is 2. The lowest BCUT2D eigenvalue weighted by Crippen LogP contribution is -2.01. The van der Waals surface area contributed by atoms with Gasteiger partial charge in [0.05, 0.1) is 7.11 Å². The fourth-order valence-corrected chi connectivity index (χ4v) is 5.05. The van der Waals surface area contributed by atoms with E-state index in [0.717, 1.165) is 23.5 Å². The molecule has 1 aromatic carbocycles. The van der Waals surface area contributed by atoms with E-state index in [2.05, 4.69) is 41.9 Å². The number of methoxy groups -OCH3 is 1. The van der Waals surface area contributed by atoms with Crippen LogP contribution in [0.3, 0.4) is 0 Å². The minimum atomic E-state index is 0.538. The lowest BCUT2D eigenvalue weighted by atomic mass is 9.98. The third-order valence-electron chi connectivity index (χ3n) is 4.82. The minimum Gasteiger partial charge on any atom is -0.496 e. The minimum absolute atomic E-state index is 0.538. The first-order chi connectivity index (χ1) is 8.63. The van der Waals surface area contributed by atoms with Crippen molar-refractivity contribution in [2.75, 3.05) is 7.11 Å². The van der Waals surface area contributed by atoms with Crippen LogP contribution in [0.4, 0.5) is 0 Å². The zero-order valence-electron chi connectivity index (χ0n) is 11.4. The average Bonchev–Trinajstić information content (AvgIpc) is 2.80. The van der Waals surface area contributed by atoms with Gasteiger partial charge in [-0.1, -0.05) is 34.5 Å². The highest BCUT2D eigenvalue weighted by molar-refractivity contribution is 9.09. The van der Waals surface area contributed by atoms with Crippen LogP contribution in [0.2, 0.25) is 0 Å². The van der Waals surface area contributed by atoms with Crippen molar-refractivity contribution >= 4 is 15.9 Å². The molecule has 18 heavy (non-hydrogen) atoms. The maximum Gasteiger partial charge on any atom is 0.124 e. The van der Waals surface area contributed by atoms with Crippen molar-refractivity contribution in [2.24, 2.45) is 17.8 Å². The molecule has 2 aliphatic rings. The fourth-order valence-electron chi connectivity index (χ4n) is 4.00. The van der Waals surface area contributed by atoms with E-state index in [1.807, 2.05) is 0 Å². The molecule has 98 valence electrons. The van der Waals surface area contributed by atoms with E-state index < -0.39 is 0 Å². The largest absolute Gasteiger partial charge is 0.496 e. The van der Waals surface area contributed by atoms with E-state index in [4.69, 9.17) is 4.74 Å². The third-order valence-corrected chi connectivity index (χ3v) is 5.96. The Hall–Kier alpha value is -0.500. The number of benzene rings is 1. The molecule has 0 aliphatic heterocycles. The summed E-state index contributed by atoms with van der Waals surface area (Å²) in [6.45, 7) is 4.28. The van der Waals surface area contributed by atoms with Crippen LogP contribution in [-0.4, -0.2) is 7.11 Å². The lowest BCUT2D eigenvalue weighted by molar-refractivity contribution is 0.408. The molecule has 2 fully saturated rings. The standard InChI is InChI=1S/C16H21BrO/c1-9-7-11(8-10(2)16(9)18-3)15(17)14-12-5-4-6-13(12)14/h7-8,12-15H,4-6H2,1-3H3. The van der Waals surface area contributed by atoms with Gasteiger partial charge in [-0.15, -0.1) is 0 Å². The Morgan fingerprint density at radius 2 is 1.72 bits per heavy atom. The highest BCUT2D eigenvalue weighted by Gasteiger charge is 2.55.